The number of benzene rings is 1. The summed E-state index contributed by atoms with van der Waals surface area (Å²) in [5, 5.41) is 16.0. The van der Waals surface area contributed by atoms with E-state index in [1.165, 1.54) is 0 Å². The Bertz CT molecular complexity index is 667. The summed E-state index contributed by atoms with van der Waals surface area (Å²) in [6.07, 6.45) is 0.931. The zero-order valence-electron chi connectivity index (χ0n) is 11.6. The Morgan fingerprint density at radius 1 is 1.50 bits per heavy atom. The second kappa shape index (κ2) is 4.58. The number of halogens is 1. The number of rotatable bonds is 2. The Labute approximate surface area is 123 Å². The lowest BCUT2D eigenvalue weighted by molar-refractivity contribution is 0.0323. The van der Waals surface area contributed by atoms with Gasteiger partial charge in [-0.2, -0.15) is 5.10 Å². The Morgan fingerprint density at radius 3 is 2.85 bits per heavy atom. The molecule has 1 aromatic heterocycles. The van der Waals surface area contributed by atoms with Gasteiger partial charge in [0.2, 0.25) is 0 Å². The van der Waals surface area contributed by atoms with Crippen molar-refractivity contribution in [2.45, 2.75) is 31.4 Å². The van der Waals surface area contributed by atoms with E-state index < -0.39 is 5.60 Å². The molecule has 1 heterocycles. The van der Waals surface area contributed by atoms with E-state index in [4.69, 9.17) is 17.3 Å². The number of nitrogens with zero attached hydrogens (tertiary/aromatic N) is 2. The number of hydrogen-bond donors (Lipinski definition) is 2. The van der Waals surface area contributed by atoms with Crippen LogP contribution in [0.5, 0.6) is 0 Å². The second-order valence-corrected chi connectivity index (χ2v) is 5.95. The minimum absolute atomic E-state index is 0.135. The summed E-state index contributed by atoms with van der Waals surface area (Å²) < 4.78 is 1.74. The first kappa shape index (κ1) is 13.6. The maximum atomic E-state index is 11.0. The van der Waals surface area contributed by atoms with Crippen LogP contribution in [0.2, 0.25) is 5.02 Å². The number of aromatic nitrogens is 2. The zero-order chi connectivity index (χ0) is 14.5. The lowest BCUT2D eigenvalue weighted by Crippen LogP contribution is -2.27. The molecule has 2 unspecified atom stereocenters. The van der Waals surface area contributed by atoms with Gasteiger partial charge in [0.25, 0.3) is 0 Å². The molecule has 5 heteroatoms. The summed E-state index contributed by atoms with van der Waals surface area (Å²) in [6.45, 7) is 1.87. The van der Waals surface area contributed by atoms with Crippen LogP contribution in [0.3, 0.4) is 0 Å². The first-order valence-corrected chi connectivity index (χ1v) is 7.05. The molecule has 106 valence electrons. The summed E-state index contributed by atoms with van der Waals surface area (Å²) in [4.78, 5) is 0. The third kappa shape index (κ3) is 1.95. The number of hydrogen-bond acceptors (Lipinski definition) is 3. The van der Waals surface area contributed by atoms with Gasteiger partial charge in [0.05, 0.1) is 22.0 Å². The average molecular weight is 292 g/mol. The predicted octanol–water partition coefficient (Wildman–Crippen LogP) is 2.22. The van der Waals surface area contributed by atoms with Crippen LogP contribution in [0.4, 0.5) is 0 Å². The number of fused-ring (bicyclic) bond motifs is 1. The normalized spacial score (nSPS) is 24.9. The predicted molar refractivity (Wildman–Crippen MR) is 78.5 cm³/mol. The quantitative estimate of drug-likeness (QED) is 0.892. The Balaban J connectivity index is 2.03. The van der Waals surface area contributed by atoms with Crippen LogP contribution in [0, 0.1) is 6.92 Å². The Morgan fingerprint density at radius 2 is 2.20 bits per heavy atom. The zero-order valence-corrected chi connectivity index (χ0v) is 12.4. The molecule has 3 rings (SSSR count). The van der Waals surface area contributed by atoms with Gasteiger partial charge in [-0.15, -0.1) is 0 Å². The van der Waals surface area contributed by atoms with Crippen LogP contribution in [0.25, 0.3) is 0 Å². The minimum atomic E-state index is -0.972. The highest BCUT2D eigenvalue weighted by molar-refractivity contribution is 6.31. The molecule has 0 aliphatic heterocycles. The molecule has 0 saturated carbocycles. The van der Waals surface area contributed by atoms with Crippen LogP contribution in [-0.2, 0) is 19.1 Å². The molecule has 0 bridgehead atoms. The molecular weight excluding hydrogens is 274 g/mol. The Kier molecular flexibility index (Phi) is 3.12. The van der Waals surface area contributed by atoms with Crippen molar-refractivity contribution in [3.05, 3.63) is 51.8 Å². The molecule has 2 atom stereocenters. The van der Waals surface area contributed by atoms with E-state index in [9.17, 15) is 5.11 Å². The van der Waals surface area contributed by atoms with E-state index in [0.717, 1.165) is 22.5 Å². The third-order valence-electron chi connectivity index (χ3n) is 4.14. The van der Waals surface area contributed by atoms with Crippen LogP contribution in [0.15, 0.2) is 24.3 Å². The lowest BCUT2D eigenvalue weighted by Gasteiger charge is -2.24. The molecule has 0 fully saturated rings. The van der Waals surface area contributed by atoms with Gasteiger partial charge in [-0.05, 0) is 24.5 Å². The van der Waals surface area contributed by atoms with Gasteiger partial charge in [0.1, 0.15) is 0 Å². The SMILES string of the molecule is Cc1nn(C)c(CC2(O)CC(N)c3ccccc32)c1Cl. The Hall–Kier alpha value is -1.36. The molecule has 4 nitrogen and oxygen atoms in total. The van der Waals surface area contributed by atoms with Gasteiger partial charge >= 0.3 is 0 Å². The molecule has 0 amide bonds. The standard InChI is InChI=1S/C15H18ClN3O/c1-9-14(16)13(19(2)18-9)8-15(20)7-12(17)10-5-3-4-6-11(10)15/h3-6,12,20H,7-8,17H2,1-2H3. The van der Waals surface area contributed by atoms with Crippen LogP contribution in [0.1, 0.15) is 35.0 Å². The molecule has 1 aliphatic carbocycles. The highest BCUT2D eigenvalue weighted by Gasteiger charge is 2.41. The van der Waals surface area contributed by atoms with Gasteiger partial charge in [0, 0.05) is 19.5 Å². The van der Waals surface area contributed by atoms with Gasteiger partial charge < -0.3 is 10.8 Å². The van der Waals surface area contributed by atoms with E-state index in [-0.39, 0.29) is 6.04 Å². The van der Waals surface area contributed by atoms with E-state index >= 15 is 0 Å². The van der Waals surface area contributed by atoms with Crippen molar-refractivity contribution in [1.82, 2.24) is 9.78 Å². The first-order chi connectivity index (χ1) is 9.42. The van der Waals surface area contributed by atoms with Gasteiger partial charge in [0.15, 0.2) is 0 Å². The van der Waals surface area contributed by atoms with Gasteiger partial charge in [-0.1, -0.05) is 35.9 Å². The summed E-state index contributed by atoms with van der Waals surface area (Å²) in [7, 11) is 1.85. The molecular formula is C15H18ClN3O. The molecule has 1 aliphatic rings. The fraction of sp³-hybridized carbons (Fsp3) is 0.400. The first-order valence-electron chi connectivity index (χ1n) is 6.68. The lowest BCUT2D eigenvalue weighted by atomic mass is 9.90. The monoisotopic (exact) mass is 291 g/mol. The molecule has 1 aromatic carbocycles. The summed E-state index contributed by atoms with van der Waals surface area (Å²) in [6, 6.07) is 7.67. The minimum Gasteiger partial charge on any atom is -0.385 e. The maximum absolute atomic E-state index is 11.0. The molecule has 2 aromatic rings. The van der Waals surface area contributed by atoms with Crippen molar-refractivity contribution in [2.24, 2.45) is 12.8 Å². The molecule has 0 spiro atoms. The fourth-order valence-electron chi connectivity index (χ4n) is 3.14. The van der Waals surface area contributed by atoms with Crippen LogP contribution >= 0.6 is 11.6 Å². The van der Waals surface area contributed by atoms with Crippen molar-refractivity contribution in [1.29, 1.82) is 0 Å². The number of nitrogens with two attached hydrogens (primary N) is 1. The molecule has 3 N–H and O–H groups in total. The van der Waals surface area contributed by atoms with Crippen LogP contribution in [-0.4, -0.2) is 14.9 Å². The van der Waals surface area contributed by atoms with Crippen LogP contribution < -0.4 is 5.73 Å². The number of aryl methyl sites for hydroxylation is 2. The molecule has 20 heavy (non-hydrogen) atoms. The summed E-state index contributed by atoms with van der Waals surface area (Å²) in [5.41, 5.74) is 8.72. The summed E-state index contributed by atoms with van der Waals surface area (Å²) >= 11 is 6.29. The van der Waals surface area contributed by atoms with Crippen molar-refractivity contribution in [3.8, 4) is 0 Å². The van der Waals surface area contributed by atoms with Gasteiger partial charge in [-0.25, -0.2) is 0 Å². The van der Waals surface area contributed by atoms with Crippen molar-refractivity contribution in [2.75, 3.05) is 0 Å². The average Bonchev–Trinajstić information content (AvgIpc) is 2.80. The smallest absolute Gasteiger partial charge is 0.0973 e. The second-order valence-electron chi connectivity index (χ2n) is 5.58. The van der Waals surface area contributed by atoms with E-state index in [1.807, 2.05) is 38.2 Å². The highest BCUT2D eigenvalue weighted by Crippen LogP contribution is 2.44. The molecule has 0 radical (unpaired) electrons. The summed E-state index contributed by atoms with van der Waals surface area (Å²) in [5.74, 6) is 0. The topological polar surface area (TPSA) is 64.1 Å². The van der Waals surface area contributed by atoms with E-state index in [2.05, 4.69) is 5.10 Å². The maximum Gasteiger partial charge on any atom is 0.0973 e. The molecule has 0 saturated heterocycles. The third-order valence-corrected chi connectivity index (χ3v) is 4.63. The van der Waals surface area contributed by atoms with Crippen molar-refractivity contribution in [3.63, 3.8) is 0 Å². The van der Waals surface area contributed by atoms with Gasteiger partial charge in [-0.3, -0.25) is 4.68 Å². The van der Waals surface area contributed by atoms with Crippen molar-refractivity contribution >= 4 is 11.6 Å². The van der Waals surface area contributed by atoms with Crippen molar-refractivity contribution < 1.29 is 5.11 Å². The largest absolute Gasteiger partial charge is 0.385 e. The van der Waals surface area contributed by atoms with E-state index in [1.54, 1.807) is 4.68 Å². The highest BCUT2D eigenvalue weighted by atomic mass is 35.5. The fourth-order valence-corrected chi connectivity index (χ4v) is 3.37. The number of aliphatic hydroxyl groups is 1. The van der Waals surface area contributed by atoms with E-state index in [0.29, 0.717) is 17.9 Å².